The quantitative estimate of drug-likeness (QED) is 0.713. The minimum atomic E-state index is 0.229. The summed E-state index contributed by atoms with van der Waals surface area (Å²) in [6.45, 7) is 1.61. The minimum absolute atomic E-state index is 0.229. The molecule has 1 nitrogen and oxygen atoms in total. The predicted molar refractivity (Wildman–Crippen MR) is 48.3 cm³/mol. The van der Waals surface area contributed by atoms with Crippen molar-refractivity contribution in [3.8, 4) is 0 Å². The largest absolute Gasteiger partial charge is 0.300 e. The average Bonchev–Trinajstić information content (AvgIpc) is 2.31. The third kappa shape index (κ3) is 3.04. The van der Waals surface area contributed by atoms with Crippen LogP contribution in [0.3, 0.4) is 0 Å². The first-order valence-corrected chi connectivity index (χ1v) is 4.66. The van der Waals surface area contributed by atoms with Crippen molar-refractivity contribution in [1.29, 1.82) is 0 Å². The standard InChI is InChI=1S/C8H9ClOS/c1-6(10)2-3-7-4-8(9)11-5-7/h4-5H,2-3H2,1H3. The van der Waals surface area contributed by atoms with Gasteiger partial charge in [-0.1, -0.05) is 11.6 Å². The molecule has 0 radical (unpaired) electrons. The Morgan fingerprint density at radius 2 is 2.45 bits per heavy atom. The van der Waals surface area contributed by atoms with Gasteiger partial charge in [0.15, 0.2) is 0 Å². The van der Waals surface area contributed by atoms with E-state index in [4.69, 9.17) is 11.6 Å². The van der Waals surface area contributed by atoms with Crippen molar-refractivity contribution in [3.63, 3.8) is 0 Å². The number of hydrogen-bond donors (Lipinski definition) is 0. The van der Waals surface area contributed by atoms with E-state index in [-0.39, 0.29) is 5.78 Å². The maximum Gasteiger partial charge on any atom is 0.130 e. The van der Waals surface area contributed by atoms with Gasteiger partial charge in [-0.05, 0) is 30.4 Å². The van der Waals surface area contributed by atoms with Crippen molar-refractivity contribution >= 4 is 28.7 Å². The Morgan fingerprint density at radius 3 is 2.91 bits per heavy atom. The highest BCUT2D eigenvalue weighted by molar-refractivity contribution is 7.14. The second-order valence-electron chi connectivity index (χ2n) is 2.46. The zero-order valence-corrected chi connectivity index (χ0v) is 7.84. The molecule has 3 heteroatoms. The van der Waals surface area contributed by atoms with Crippen LogP contribution in [0.25, 0.3) is 0 Å². The smallest absolute Gasteiger partial charge is 0.130 e. The molecule has 11 heavy (non-hydrogen) atoms. The van der Waals surface area contributed by atoms with Crippen LogP contribution in [0.1, 0.15) is 18.9 Å². The van der Waals surface area contributed by atoms with E-state index in [9.17, 15) is 4.79 Å². The van der Waals surface area contributed by atoms with Crippen LogP contribution in [0, 0.1) is 0 Å². The van der Waals surface area contributed by atoms with Gasteiger partial charge in [-0.25, -0.2) is 0 Å². The maximum absolute atomic E-state index is 10.6. The molecule has 0 bridgehead atoms. The summed E-state index contributed by atoms with van der Waals surface area (Å²) in [6.07, 6.45) is 1.44. The molecule has 0 aromatic carbocycles. The zero-order valence-electron chi connectivity index (χ0n) is 6.26. The summed E-state index contributed by atoms with van der Waals surface area (Å²) in [6, 6.07) is 1.91. The zero-order chi connectivity index (χ0) is 8.27. The number of carbonyl (C=O) groups is 1. The lowest BCUT2D eigenvalue weighted by atomic mass is 10.1. The molecule has 1 aromatic rings. The number of ketones is 1. The molecule has 0 atom stereocenters. The summed E-state index contributed by atoms with van der Waals surface area (Å²) in [4.78, 5) is 10.6. The number of aryl methyl sites for hydroxylation is 1. The Labute approximate surface area is 75.0 Å². The van der Waals surface area contributed by atoms with Crippen LogP contribution in [0.4, 0.5) is 0 Å². The summed E-state index contributed by atoms with van der Waals surface area (Å²) < 4.78 is 0.795. The van der Waals surface area contributed by atoms with Gasteiger partial charge in [-0.2, -0.15) is 0 Å². The third-order valence-corrected chi connectivity index (χ3v) is 2.53. The van der Waals surface area contributed by atoms with E-state index in [2.05, 4.69) is 0 Å². The molecule has 0 aliphatic carbocycles. The van der Waals surface area contributed by atoms with Gasteiger partial charge in [0.25, 0.3) is 0 Å². The van der Waals surface area contributed by atoms with Crippen LogP contribution in [0.5, 0.6) is 0 Å². The number of rotatable bonds is 3. The Hall–Kier alpha value is -0.340. The van der Waals surface area contributed by atoms with Gasteiger partial charge in [-0.15, -0.1) is 11.3 Å². The van der Waals surface area contributed by atoms with Crippen LogP contribution in [0.15, 0.2) is 11.4 Å². The van der Waals surface area contributed by atoms with Crippen LogP contribution < -0.4 is 0 Å². The lowest BCUT2D eigenvalue weighted by Gasteiger charge is -1.90. The van der Waals surface area contributed by atoms with Gasteiger partial charge >= 0.3 is 0 Å². The molecular weight excluding hydrogens is 180 g/mol. The Morgan fingerprint density at radius 1 is 1.73 bits per heavy atom. The van der Waals surface area contributed by atoms with Gasteiger partial charge in [0, 0.05) is 6.42 Å². The minimum Gasteiger partial charge on any atom is -0.300 e. The first-order valence-electron chi connectivity index (χ1n) is 3.41. The van der Waals surface area contributed by atoms with E-state index in [1.54, 1.807) is 6.92 Å². The number of Topliss-reactive ketones (excluding diaryl/α,β-unsaturated/α-hetero) is 1. The number of hydrogen-bond acceptors (Lipinski definition) is 2. The molecule has 0 saturated heterocycles. The summed E-state index contributed by atoms with van der Waals surface area (Å²) in [5.41, 5.74) is 1.16. The highest BCUT2D eigenvalue weighted by Crippen LogP contribution is 2.20. The van der Waals surface area contributed by atoms with E-state index in [0.29, 0.717) is 6.42 Å². The van der Waals surface area contributed by atoms with Gasteiger partial charge in [0.05, 0.1) is 4.34 Å². The molecule has 0 aliphatic rings. The summed E-state index contributed by atoms with van der Waals surface area (Å²) in [5, 5.41) is 1.99. The molecule has 0 amide bonds. The lowest BCUT2D eigenvalue weighted by molar-refractivity contribution is -0.116. The third-order valence-electron chi connectivity index (χ3n) is 1.39. The lowest BCUT2D eigenvalue weighted by Crippen LogP contribution is -1.91. The summed E-state index contributed by atoms with van der Waals surface area (Å²) in [5.74, 6) is 0.229. The summed E-state index contributed by atoms with van der Waals surface area (Å²) in [7, 11) is 0. The molecule has 0 saturated carbocycles. The molecule has 0 unspecified atom stereocenters. The molecule has 1 aromatic heterocycles. The Balaban J connectivity index is 2.45. The average molecular weight is 189 g/mol. The van der Waals surface area contributed by atoms with Crippen molar-refractivity contribution in [2.75, 3.05) is 0 Å². The second-order valence-corrected chi connectivity index (χ2v) is 4.00. The molecule has 0 fully saturated rings. The van der Waals surface area contributed by atoms with Gasteiger partial charge < -0.3 is 4.79 Å². The SMILES string of the molecule is CC(=O)CCc1csc(Cl)c1. The summed E-state index contributed by atoms with van der Waals surface area (Å²) >= 11 is 7.22. The van der Waals surface area contributed by atoms with Crippen molar-refractivity contribution in [3.05, 3.63) is 21.3 Å². The van der Waals surface area contributed by atoms with Crippen molar-refractivity contribution in [2.24, 2.45) is 0 Å². The van der Waals surface area contributed by atoms with E-state index in [1.807, 2.05) is 11.4 Å². The monoisotopic (exact) mass is 188 g/mol. The molecule has 1 rings (SSSR count). The van der Waals surface area contributed by atoms with Crippen molar-refractivity contribution in [2.45, 2.75) is 19.8 Å². The highest BCUT2D eigenvalue weighted by Gasteiger charge is 1.98. The number of thiophene rings is 1. The Kier molecular flexibility index (Phi) is 3.09. The van der Waals surface area contributed by atoms with Gasteiger partial charge in [0.2, 0.25) is 0 Å². The maximum atomic E-state index is 10.6. The second kappa shape index (κ2) is 3.88. The predicted octanol–water partition coefficient (Wildman–Crippen LogP) is 2.92. The first kappa shape index (κ1) is 8.75. The molecule has 0 N–H and O–H groups in total. The van der Waals surface area contributed by atoms with E-state index in [1.165, 1.54) is 11.3 Å². The van der Waals surface area contributed by atoms with E-state index in [0.717, 1.165) is 16.3 Å². The first-order chi connectivity index (χ1) is 5.18. The fraction of sp³-hybridized carbons (Fsp3) is 0.375. The molecular formula is C8H9ClOS. The van der Waals surface area contributed by atoms with Crippen LogP contribution >= 0.6 is 22.9 Å². The topological polar surface area (TPSA) is 17.1 Å². The van der Waals surface area contributed by atoms with Crippen molar-refractivity contribution < 1.29 is 4.79 Å². The van der Waals surface area contributed by atoms with E-state index < -0.39 is 0 Å². The van der Waals surface area contributed by atoms with Crippen LogP contribution in [-0.2, 0) is 11.2 Å². The highest BCUT2D eigenvalue weighted by atomic mass is 35.5. The number of carbonyl (C=O) groups excluding carboxylic acids is 1. The normalized spacial score (nSPS) is 10.0. The fourth-order valence-electron chi connectivity index (χ4n) is 0.797. The van der Waals surface area contributed by atoms with Crippen LogP contribution in [-0.4, -0.2) is 5.78 Å². The molecule has 0 aliphatic heterocycles. The fourth-order valence-corrected chi connectivity index (χ4v) is 1.74. The van der Waals surface area contributed by atoms with Crippen molar-refractivity contribution in [1.82, 2.24) is 0 Å². The molecule has 0 spiro atoms. The Bertz CT molecular complexity index is 254. The van der Waals surface area contributed by atoms with Gasteiger partial charge in [-0.3, -0.25) is 0 Å². The number of halogens is 1. The van der Waals surface area contributed by atoms with Crippen LogP contribution in [0.2, 0.25) is 4.34 Å². The van der Waals surface area contributed by atoms with Gasteiger partial charge in [0.1, 0.15) is 5.78 Å². The molecule has 60 valence electrons. The van der Waals surface area contributed by atoms with E-state index >= 15 is 0 Å². The molecule has 1 heterocycles.